The third-order valence-electron chi connectivity index (χ3n) is 7.72. The normalized spacial score (nSPS) is 30.7. The molecule has 190 valence electrons. The van der Waals surface area contributed by atoms with Gasteiger partial charge in [-0.05, 0) is 67.0 Å². The van der Waals surface area contributed by atoms with Crippen LogP contribution >= 0.6 is 11.6 Å². The van der Waals surface area contributed by atoms with E-state index >= 15 is 0 Å². The van der Waals surface area contributed by atoms with Crippen molar-refractivity contribution in [3.63, 3.8) is 0 Å². The second-order valence-corrected chi connectivity index (χ2v) is 10.6. The van der Waals surface area contributed by atoms with Crippen LogP contribution in [0.15, 0.2) is 42.5 Å². The number of halogens is 1. The molecule has 2 heterocycles. The number of benzene rings is 2. The Labute approximate surface area is 210 Å². The zero-order valence-corrected chi connectivity index (χ0v) is 20.3. The van der Waals surface area contributed by atoms with Crippen molar-refractivity contribution in [2.24, 2.45) is 5.41 Å². The largest absolute Gasteiger partial charge is 0.490 e. The first-order valence-electron chi connectivity index (χ1n) is 12.3. The van der Waals surface area contributed by atoms with Gasteiger partial charge in [0.2, 0.25) is 0 Å². The second-order valence-electron chi connectivity index (χ2n) is 10.2. The van der Waals surface area contributed by atoms with Crippen molar-refractivity contribution in [3.05, 3.63) is 64.2 Å². The maximum Gasteiger partial charge on any atom is 0.119 e. The molecule has 5 rings (SSSR count). The summed E-state index contributed by atoms with van der Waals surface area (Å²) in [6.45, 7) is 1.33. The van der Waals surface area contributed by atoms with Gasteiger partial charge in [0.15, 0.2) is 0 Å². The number of aliphatic hydroxyl groups is 4. The molecule has 4 N–H and O–H groups in total. The number of ether oxygens (including phenoxy) is 3. The van der Waals surface area contributed by atoms with E-state index in [1.807, 2.05) is 30.3 Å². The van der Waals surface area contributed by atoms with Crippen molar-refractivity contribution in [2.45, 2.75) is 68.7 Å². The molecule has 0 radical (unpaired) electrons. The first-order valence-corrected chi connectivity index (χ1v) is 12.7. The molecule has 1 spiro atoms. The summed E-state index contributed by atoms with van der Waals surface area (Å²) in [4.78, 5) is 0. The van der Waals surface area contributed by atoms with E-state index in [9.17, 15) is 20.4 Å². The van der Waals surface area contributed by atoms with E-state index in [0.29, 0.717) is 22.4 Å². The third kappa shape index (κ3) is 5.23. The number of aliphatic hydroxyl groups excluding tert-OH is 4. The Morgan fingerprint density at radius 1 is 0.943 bits per heavy atom. The summed E-state index contributed by atoms with van der Waals surface area (Å²) in [6, 6.07) is 13.3. The van der Waals surface area contributed by atoms with Crippen LogP contribution in [0.5, 0.6) is 5.75 Å². The number of rotatable bonds is 6. The summed E-state index contributed by atoms with van der Waals surface area (Å²) >= 11 is 6.46. The van der Waals surface area contributed by atoms with E-state index in [-0.39, 0.29) is 6.10 Å². The minimum Gasteiger partial charge on any atom is -0.490 e. The molecule has 8 heteroatoms. The molecular weight excluding hydrogens is 472 g/mol. The van der Waals surface area contributed by atoms with Crippen LogP contribution in [-0.4, -0.2) is 70.8 Å². The summed E-state index contributed by atoms with van der Waals surface area (Å²) in [6.07, 6.45) is -0.720. The predicted octanol–water partition coefficient (Wildman–Crippen LogP) is 2.78. The Kier molecular flexibility index (Phi) is 7.38. The van der Waals surface area contributed by atoms with Crippen molar-refractivity contribution in [1.82, 2.24) is 0 Å². The van der Waals surface area contributed by atoms with Crippen molar-refractivity contribution in [2.75, 3.05) is 19.8 Å². The molecule has 2 saturated heterocycles. The second kappa shape index (κ2) is 10.3. The lowest BCUT2D eigenvalue weighted by Gasteiger charge is -2.46. The summed E-state index contributed by atoms with van der Waals surface area (Å²) < 4.78 is 17.3. The van der Waals surface area contributed by atoms with Gasteiger partial charge in [-0.3, -0.25) is 0 Å². The molecule has 5 atom stereocenters. The highest BCUT2D eigenvalue weighted by Gasteiger charge is 2.44. The molecule has 3 fully saturated rings. The molecule has 0 bridgehead atoms. The minimum atomic E-state index is -1.42. The van der Waals surface area contributed by atoms with Crippen LogP contribution in [0.3, 0.4) is 0 Å². The van der Waals surface area contributed by atoms with E-state index in [1.54, 1.807) is 12.1 Å². The van der Waals surface area contributed by atoms with Gasteiger partial charge in [-0.2, -0.15) is 0 Å². The molecule has 2 aromatic carbocycles. The lowest BCUT2D eigenvalue weighted by Crippen LogP contribution is -2.55. The van der Waals surface area contributed by atoms with Crippen LogP contribution in [-0.2, 0) is 15.9 Å². The quantitative estimate of drug-likeness (QED) is 0.479. The van der Waals surface area contributed by atoms with Crippen LogP contribution in [0, 0.1) is 5.41 Å². The molecule has 0 aromatic heterocycles. The Balaban J connectivity index is 1.23. The molecule has 2 aromatic rings. The summed E-state index contributed by atoms with van der Waals surface area (Å²) in [5, 5.41) is 40.7. The highest BCUT2D eigenvalue weighted by molar-refractivity contribution is 6.31. The molecule has 5 unspecified atom stereocenters. The molecule has 3 aliphatic rings. The zero-order chi connectivity index (χ0) is 24.6. The highest BCUT2D eigenvalue weighted by Crippen LogP contribution is 2.43. The van der Waals surface area contributed by atoms with Crippen LogP contribution < -0.4 is 4.74 Å². The Bertz CT molecular complexity index is 997. The third-order valence-corrected chi connectivity index (χ3v) is 8.09. The first-order chi connectivity index (χ1) is 16.9. The predicted molar refractivity (Wildman–Crippen MR) is 130 cm³/mol. The van der Waals surface area contributed by atoms with Gasteiger partial charge in [-0.15, -0.1) is 0 Å². The van der Waals surface area contributed by atoms with Gasteiger partial charge < -0.3 is 34.6 Å². The summed E-state index contributed by atoms with van der Waals surface area (Å²) in [5.41, 5.74) is 2.93. The van der Waals surface area contributed by atoms with Crippen LogP contribution in [0.4, 0.5) is 0 Å². The smallest absolute Gasteiger partial charge is 0.119 e. The van der Waals surface area contributed by atoms with E-state index in [2.05, 4.69) is 0 Å². The SMILES string of the molecule is OCC1OC(c2ccc(Cl)c(Cc3ccc(OC4CCC5(CC4)COC5)cc3)c2)C(O)C(O)C1O. The average molecular weight is 505 g/mol. The van der Waals surface area contributed by atoms with E-state index < -0.39 is 37.1 Å². The van der Waals surface area contributed by atoms with Gasteiger partial charge in [-0.25, -0.2) is 0 Å². The maximum atomic E-state index is 10.5. The van der Waals surface area contributed by atoms with Gasteiger partial charge >= 0.3 is 0 Å². The number of hydrogen-bond acceptors (Lipinski definition) is 7. The van der Waals surface area contributed by atoms with Gasteiger partial charge in [0, 0.05) is 10.4 Å². The van der Waals surface area contributed by atoms with E-state index in [0.717, 1.165) is 42.9 Å². The van der Waals surface area contributed by atoms with Gasteiger partial charge in [0.1, 0.15) is 36.3 Å². The highest BCUT2D eigenvalue weighted by atomic mass is 35.5. The molecule has 7 nitrogen and oxygen atoms in total. The monoisotopic (exact) mass is 504 g/mol. The van der Waals surface area contributed by atoms with E-state index in [4.69, 9.17) is 25.8 Å². The molecule has 35 heavy (non-hydrogen) atoms. The fraction of sp³-hybridized carbons (Fsp3) is 0.556. The van der Waals surface area contributed by atoms with Crippen molar-refractivity contribution >= 4 is 11.6 Å². The van der Waals surface area contributed by atoms with Gasteiger partial charge in [-0.1, -0.05) is 35.9 Å². The Morgan fingerprint density at radius 2 is 1.66 bits per heavy atom. The first kappa shape index (κ1) is 25.0. The van der Waals surface area contributed by atoms with Gasteiger partial charge in [0.25, 0.3) is 0 Å². The van der Waals surface area contributed by atoms with Crippen LogP contribution in [0.2, 0.25) is 5.02 Å². The summed E-state index contributed by atoms with van der Waals surface area (Å²) in [7, 11) is 0. The average Bonchev–Trinajstić information content (AvgIpc) is 2.85. The molecule has 2 aliphatic heterocycles. The Morgan fingerprint density at radius 3 is 2.29 bits per heavy atom. The molecule has 1 saturated carbocycles. The maximum absolute atomic E-state index is 10.5. The van der Waals surface area contributed by atoms with Gasteiger partial charge in [0.05, 0.1) is 25.9 Å². The van der Waals surface area contributed by atoms with Crippen molar-refractivity contribution in [3.8, 4) is 5.75 Å². The lowest BCUT2D eigenvalue weighted by atomic mass is 9.72. The van der Waals surface area contributed by atoms with Crippen LogP contribution in [0.25, 0.3) is 0 Å². The van der Waals surface area contributed by atoms with E-state index in [1.165, 1.54) is 12.8 Å². The summed E-state index contributed by atoms with van der Waals surface area (Å²) in [5.74, 6) is 0.862. The van der Waals surface area contributed by atoms with Crippen molar-refractivity contribution in [1.29, 1.82) is 0 Å². The molecule has 1 aliphatic carbocycles. The fourth-order valence-corrected chi connectivity index (χ4v) is 5.57. The number of hydrogen-bond donors (Lipinski definition) is 4. The topological polar surface area (TPSA) is 109 Å². The molecular formula is C27H33ClO7. The lowest BCUT2D eigenvalue weighted by molar-refractivity contribution is -0.231. The standard InChI is InChI=1S/C27H33ClO7/c28-21-6-3-17(26-25(32)24(31)23(30)22(13-29)35-26)12-18(21)11-16-1-4-19(5-2-16)34-20-7-9-27(10-8-20)14-33-15-27/h1-6,12,20,22-26,29-32H,7-11,13-15H2. The Hall–Kier alpha value is -1.71. The van der Waals surface area contributed by atoms with Crippen LogP contribution in [0.1, 0.15) is 48.5 Å². The zero-order valence-electron chi connectivity index (χ0n) is 19.6. The van der Waals surface area contributed by atoms with Crippen molar-refractivity contribution < 1.29 is 34.6 Å². The fourth-order valence-electron chi connectivity index (χ4n) is 5.38. The minimum absolute atomic E-state index is 0.247. The molecule has 0 amide bonds.